The summed E-state index contributed by atoms with van der Waals surface area (Å²) in [4.78, 5) is 21.3. The number of nitrogens with zero attached hydrogens (tertiary/aromatic N) is 3. The quantitative estimate of drug-likeness (QED) is 0.493. The number of anilines is 1. The molecule has 0 aliphatic rings. The van der Waals surface area contributed by atoms with Gasteiger partial charge in [-0.3, -0.25) is 9.69 Å². The fourth-order valence-electron chi connectivity index (χ4n) is 2.76. The lowest BCUT2D eigenvalue weighted by Crippen LogP contribution is -2.39. The second-order valence-corrected chi connectivity index (χ2v) is 8.12. The summed E-state index contributed by atoms with van der Waals surface area (Å²) < 4.78 is 17.1. The molecule has 0 N–H and O–H groups in total. The van der Waals surface area contributed by atoms with Gasteiger partial charge in [0.2, 0.25) is 0 Å². The molecule has 0 spiro atoms. The molecule has 3 rings (SSSR count). The van der Waals surface area contributed by atoms with E-state index in [-0.39, 0.29) is 12.5 Å². The van der Waals surface area contributed by atoms with E-state index in [1.54, 1.807) is 43.4 Å². The smallest absolute Gasteiger partial charge is 0.266 e. The number of aromatic nitrogens is 1. The first-order valence-electron chi connectivity index (χ1n) is 9.28. The van der Waals surface area contributed by atoms with Crippen LogP contribution in [0.5, 0.6) is 17.2 Å². The van der Waals surface area contributed by atoms with Gasteiger partial charge in [0.1, 0.15) is 22.8 Å². The minimum absolute atomic E-state index is 0.124. The van der Waals surface area contributed by atoms with Crippen LogP contribution in [0.25, 0.3) is 10.2 Å². The zero-order chi connectivity index (χ0) is 21.7. The van der Waals surface area contributed by atoms with Crippen LogP contribution in [0, 0.1) is 0 Å². The molecule has 30 heavy (non-hydrogen) atoms. The van der Waals surface area contributed by atoms with E-state index >= 15 is 0 Å². The fourth-order valence-corrected chi connectivity index (χ4v) is 4.06. The Hall–Kier alpha value is -2.55. The third-order valence-electron chi connectivity index (χ3n) is 4.37. The number of carbonyl (C=O) groups excluding carboxylic acids is 1. The monoisotopic (exact) mass is 449 g/mol. The molecule has 1 aromatic heterocycles. The van der Waals surface area contributed by atoms with E-state index < -0.39 is 0 Å². The van der Waals surface area contributed by atoms with E-state index in [1.165, 1.54) is 11.3 Å². The summed E-state index contributed by atoms with van der Waals surface area (Å²) in [5, 5.41) is 1.12. The average Bonchev–Trinajstić information content (AvgIpc) is 3.18. The van der Waals surface area contributed by atoms with Gasteiger partial charge in [-0.25, -0.2) is 4.98 Å². The standard InChI is InChI=1S/C21H24ClN3O4S/c1-24(2)10-11-25(18(26)13-29-15-7-5-6-14(12-15)27-3)21-23-19-17(28-4)9-8-16(22)20(19)30-21/h5-9,12H,10-11,13H2,1-4H3. The number of hydrogen-bond acceptors (Lipinski definition) is 7. The zero-order valence-electron chi connectivity index (χ0n) is 17.3. The van der Waals surface area contributed by atoms with Crippen molar-refractivity contribution >= 4 is 44.2 Å². The van der Waals surface area contributed by atoms with E-state index in [0.29, 0.717) is 46.0 Å². The van der Waals surface area contributed by atoms with Crippen LogP contribution in [-0.4, -0.2) is 63.8 Å². The molecule has 0 unspecified atom stereocenters. The first kappa shape index (κ1) is 22.1. The first-order chi connectivity index (χ1) is 14.4. The normalized spacial score (nSPS) is 11.0. The number of amides is 1. The Balaban J connectivity index is 1.85. The maximum atomic E-state index is 13.1. The van der Waals surface area contributed by atoms with E-state index in [2.05, 4.69) is 4.98 Å². The molecular weight excluding hydrogens is 426 g/mol. The van der Waals surface area contributed by atoms with Gasteiger partial charge in [0, 0.05) is 19.2 Å². The summed E-state index contributed by atoms with van der Waals surface area (Å²) >= 11 is 7.70. The highest BCUT2D eigenvalue weighted by atomic mass is 35.5. The third kappa shape index (κ3) is 5.13. The minimum Gasteiger partial charge on any atom is -0.497 e. The van der Waals surface area contributed by atoms with Crippen molar-refractivity contribution < 1.29 is 19.0 Å². The van der Waals surface area contributed by atoms with E-state index in [4.69, 9.17) is 25.8 Å². The molecule has 0 radical (unpaired) electrons. The highest BCUT2D eigenvalue weighted by Gasteiger charge is 2.22. The number of halogens is 1. The Morgan fingerprint density at radius 1 is 1.10 bits per heavy atom. The predicted molar refractivity (Wildman–Crippen MR) is 121 cm³/mol. The second-order valence-electron chi connectivity index (χ2n) is 6.74. The number of hydrogen-bond donors (Lipinski definition) is 0. The number of methoxy groups -OCH3 is 2. The Labute approximate surface area is 184 Å². The van der Waals surface area contributed by atoms with Gasteiger partial charge in [0.05, 0.1) is 23.9 Å². The Kier molecular flexibility index (Phi) is 7.36. The number of ether oxygens (including phenoxy) is 3. The lowest BCUT2D eigenvalue weighted by molar-refractivity contribution is -0.120. The molecule has 1 heterocycles. The number of rotatable bonds is 9. The molecule has 9 heteroatoms. The minimum atomic E-state index is -0.200. The van der Waals surface area contributed by atoms with Crippen molar-refractivity contribution in [1.82, 2.24) is 9.88 Å². The number of thiazole rings is 1. The molecule has 0 saturated carbocycles. The summed E-state index contributed by atoms with van der Waals surface area (Å²) in [6.45, 7) is 1.01. The number of fused-ring (bicyclic) bond motifs is 1. The molecule has 2 aromatic carbocycles. The van der Waals surface area contributed by atoms with Crippen molar-refractivity contribution in [3.63, 3.8) is 0 Å². The molecule has 0 atom stereocenters. The van der Waals surface area contributed by atoms with Crippen LogP contribution in [-0.2, 0) is 4.79 Å². The van der Waals surface area contributed by atoms with Gasteiger partial charge < -0.3 is 19.1 Å². The highest BCUT2D eigenvalue weighted by Crippen LogP contribution is 2.38. The summed E-state index contributed by atoms with van der Waals surface area (Å²) in [5.74, 6) is 1.64. The lowest BCUT2D eigenvalue weighted by atomic mass is 10.3. The van der Waals surface area contributed by atoms with Crippen LogP contribution in [0.2, 0.25) is 5.02 Å². The van der Waals surface area contributed by atoms with E-state index in [0.717, 1.165) is 4.70 Å². The van der Waals surface area contributed by atoms with E-state index in [1.807, 2.05) is 31.1 Å². The highest BCUT2D eigenvalue weighted by molar-refractivity contribution is 7.23. The summed E-state index contributed by atoms with van der Waals surface area (Å²) in [6.07, 6.45) is 0. The van der Waals surface area contributed by atoms with Gasteiger partial charge in [-0.15, -0.1) is 0 Å². The Bertz CT molecular complexity index is 1020. The van der Waals surface area contributed by atoms with Crippen molar-refractivity contribution in [2.24, 2.45) is 0 Å². The summed E-state index contributed by atoms with van der Waals surface area (Å²) in [6, 6.07) is 10.7. The van der Waals surface area contributed by atoms with Crippen LogP contribution in [0.3, 0.4) is 0 Å². The van der Waals surface area contributed by atoms with Crippen LogP contribution in [0.4, 0.5) is 5.13 Å². The van der Waals surface area contributed by atoms with Crippen LogP contribution < -0.4 is 19.1 Å². The molecule has 0 aliphatic heterocycles. The topological polar surface area (TPSA) is 64.1 Å². The summed E-state index contributed by atoms with van der Waals surface area (Å²) in [5.41, 5.74) is 0.640. The lowest BCUT2D eigenvalue weighted by Gasteiger charge is -2.22. The molecule has 7 nitrogen and oxygen atoms in total. The Morgan fingerprint density at radius 2 is 1.87 bits per heavy atom. The number of likely N-dealkylation sites (N-methyl/N-ethyl adjacent to an activating group) is 1. The molecule has 0 fully saturated rings. The van der Waals surface area contributed by atoms with Crippen molar-refractivity contribution in [3.8, 4) is 17.2 Å². The zero-order valence-corrected chi connectivity index (χ0v) is 18.9. The third-order valence-corrected chi connectivity index (χ3v) is 5.91. The van der Waals surface area contributed by atoms with Gasteiger partial charge >= 0.3 is 0 Å². The van der Waals surface area contributed by atoms with Gasteiger partial charge in [-0.2, -0.15) is 0 Å². The number of carbonyl (C=O) groups is 1. The van der Waals surface area contributed by atoms with Crippen LogP contribution in [0.1, 0.15) is 0 Å². The predicted octanol–water partition coefficient (Wildman–Crippen LogP) is 3.94. The van der Waals surface area contributed by atoms with Gasteiger partial charge in [-0.1, -0.05) is 29.0 Å². The SMILES string of the molecule is COc1cccc(OCC(=O)N(CCN(C)C)c2nc3c(OC)ccc(Cl)c3s2)c1. The maximum Gasteiger partial charge on any atom is 0.266 e. The Morgan fingerprint density at radius 3 is 2.57 bits per heavy atom. The van der Waals surface area contributed by atoms with Crippen molar-refractivity contribution in [3.05, 3.63) is 41.4 Å². The molecule has 160 valence electrons. The van der Waals surface area contributed by atoms with Crippen LogP contribution in [0.15, 0.2) is 36.4 Å². The average molecular weight is 450 g/mol. The fraction of sp³-hybridized carbons (Fsp3) is 0.333. The maximum absolute atomic E-state index is 13.1. The largest absolute Gasteiger partial charge is 0.497 e. The van der Waals surface area contributed by atoms with Crippen molar-refractivity contribution in [2.45, 2.75) is 0 Å². The number of benzene rings is 2. The first-order valence-corrected chi connectivity index (χ1v) is 10.5. The molecule has 1 amide bonds. The van der Waals surface area contributed by atoms with Gasteiger partial charge in [0.15, 0.2) is 11.7 Å². The van der Waals surface area contributed by atoms with Crippen molar-refractivity contribution in [2.75, 3.05) is 52.9 Å². The van der Waals surface area contributed by atoms with Gasteiger partial charge in [0.25, 0.3) is 5.91 Å². The van der Waals surface area contributed by atoms with Crippen molar-refractivity contribution in [1.29, 1.82) is 0 Å². The second kappa shape index (κ2) is 9.97. The summed E-state index contributed by atoms with van der Waals surface area (Å²) in [7, 11) is 7.07. The van der Waals surface area contributed by atoms with Crippen LogP contribution >= 0.6 is 22.9 Å². The molecular formula is C21H24ClN3O4S. The molecule has 0 aliphatic carbocycles. The molecule has 0 saturated heterocycles. The van der Waals surface area contributed by atoms with E-state index in [9.17, 15) is 4.79 Å². The molecule has 0 bridgehead atoms. The molecule has 3 aromatic rings. The van der Waals surface area contributed by atoms with Gasteiger partial charge in [-0.05, 0) is 38.4 Å².